The molecule has 0 rings (SSSR count). The van der Waals surface area contributed by atoms with Gasteiger partial charge in [-0.15, -0.1) is 0 Å². The van der Waals surface area contributed by atoms with Crippen LogP contribution in [-0.2, 0) is 28.6 Å². The molecule has 0 fully saturated rings. The highest BCUT2D eigenvalue weighted by atomic mass is 16.6. The third-order valence-corrected chi connectivity index (χ3v) is 2.71. The molecule has 0 atom stereocenters. The highest BCUT2D eigenvalue weighted by Gasteiger charge is 2.06. The maximum atomic E-state index is 11.3. The highest BCUT2D eigenvalue weighted by Crippen LogP contribution is 2.02. The summed E-state index contributed by atoms with van der Waals surface area (Å²) in [6.07, 6.45) is 4.49. The number of rotatable bonds is 12. The number of carbonyl (C=O) groups is 3. The minimum absolute atomic E-state index is 0.0470. The van der Waals surface area contributed by atoms with E-state index in [4.69, 9.17) is 19.3 Å². The van der Waals surface area contributed by atoms with E-state index in [1.54, 1.807) is 20.8 Å². The molecule has 0 saturated carbocycles. The predicted octanol–water partition coefficient (Wildman–Crippen LogP) is 3.45. The summed E-state index contributed by atoms with van der Waals surface area (Å²) in [5, 5.41) is 8.36. The molecule has 27 heavy (non-hydrogen) atoms. The van der Waals surface area contributed by atoms with E-state index < -0.39 is 11.9 Å². The topological polar surface area (TPSA) is 99.1 Å². The summed E-state index contributed by atoms with van der Waals surface area (Å²) in [6, 6.07) is 0. The van der Waals surface area contributed by atoms with Crippen LogP contribution >= 0.6 is 0 Å². The van der Waals surface area contributed by atoms with Crippen LogP contribution in [0.1, 0.15) is 47.0 Å². The molecule has 0 aliphatic rings. The van der Waals surface area contributed by atoms with E-state index in [1.807, 2.05) is 0 Å². The first kappa shape index (κ1) is 26.8. The fourth-order valence-electron chi connectivity index (χ4n) is 1.34. The summed E-state index contributed by atoms with van der Waals surface area (Å²) in [4.78, 5) is 32.2. The zero-order chi connectivity index (χ0) is 21.2. The van der Waals surface area contributed by atoms with Crippen LogP contribution in [-0.4, -0.2) is 48.9 Å². The van der Waals surface area contributed by atoms with E-state index >= 15 is 0 Å². The third kappa shape index (κ3) is 19.8. The van der Waals surface area contributed by atoms with Crippen molar-refractivity contribution >= 4 is 17.9 Å². The number of carboxylic acids is 1. The summed E-state index contributed by atoms with van der Waals surface area (Å²) < 4.78 is 14.9. The van der Waals surface area contributed by atoms with Gasteiger partial charge in [0, 0.05) is 23.8 Å². The molecule has 0 aromatic heterocycles. The van der Waals surface area contributed by atoms with Crippen molar-refractivity contribution in [3.05, 3.63) is 36.5 Å². The molecular formula is C20H32O7. The van der Waals surface area contributed by atoms with Crippen molar-refractivity contribution in [2.45, 2.75) is 53.1 Å². The average Bonchev–Trinajstić information content (AvgIpc) is 2.57. The van der Waals surface area contributed by atoms with Gasteiger partial charge in [-0.1, -0.05) is 32.6 Å². The number of hydrogen-bond donors (Lipinski definition) is 1. The minimum atomic E-state index is -1.06. The molecule has 0 radical (unpaired) electrons. The second-order valence-electron chi connectivity index (χ2n) is 5.88. The molecule has 7 heteroatoms. The van der Waals surface area contributed by atoms with Crippen LogP contribution in [0.25, 0.3) is 0 Å². The fourth-order valence-corrected chi connectivity index (χ4v) is 1.34. The van der Waals surface area contributed by atoms with Crippen LogP contribution in [0.15, 0.2) is 36.5 Å². The lowest BCUT2D eigenvalue weighted by molar-refractivity contribution is -0.142. The quantitative estimate of drug-likeness (QED) is 0.312. The summed E-state index contributed by atoms with van der Waals surface area (Å²) in [5.41, 5.74) is 0.671. The lowest BCUT2D eigenvalue weighted by atomic mass is 10.2. The molecule has 0 unspecified atom stereocenters. The molecule has 0 aromatic carbocycles. The molecule has 0 bridgehead atoms. The normalized spacial score (nSPS) is 10.1. The van der Waals surface area contributed by atoms with E-state index in [9.17, 15) is 14.4 Å². The monoisotopic (exact) mass is 384 g/mol. The number of carbonyl (C=O) groups excluding carboxylic acids is 2. The van der Waals surface area contributed by atoms with Gasteiger partial charge in [-0.05, 0) is 33.6 Å². The maximum absolute atomic E-state index is 11.3. The minimum Gasteiger partial charge on any atom is -0.478 e. The predicted molar refractivity (Wildman–Crippen MR) is 103 cm³/mol. The van der Waals surface area contributed by atoms with Crippen LogP contribution < -0.4 is 0 Å². The zero-order valence-corrected chi connectivity index (χ0v) is 16.8. The van der Waals surface area contributed by atoms with Crippen molar-refractivity contribution in [2.75, 3.05) is 19.8 Å². The van der Waals surface area contributed by atoms with Crippen molar-refractivity contribution in [2.24, 2.45) is 0 Å². The average molecular weight is 384 g/mol. The van der Waals surface area contributed by atoms with Gasteiger partial charge >= 0.3 is 17.9 Å². The number of esters is 2. The van der Waals surface area contributed by atoms with Crippen molar-refractivity contribution in [3.8, 4) is 0 Å². The number of unbranched alkanes of at least 4 members (excludes halogenated alkanes) is 1. The van der Waals surface area contributed by atoms with Gasteiger partial charge in [0.05, 0.1) is 12.7 Å². The van der Waals surface area contributed by atoms with Gasteiger partial charge in [0.1, 0.15) is 6.61 Å². The first-order valence-corrected chi connectivity index (χ1v) is 8.80. The number of hydrogen-bond acceptors (Lipinski definition) is 6. The number of ether oxygens (including phenoxy) is 3. The van der Waals surface area contributed by atoms with Gasteiger partial charge in [0.15, 0.2) is 0 Å². The van der Waals surface area contributed by atoms with E-state index in [1.165, 1.54) is 6.08 Å². The lowest BCUT2D eigenvalue weighted by Gasteiger charge is -2.06. The number of allylic oxidation sites excluding steroid dienone is 1. The summed E-state index contributed by atoms with van der Waals surface area (Å²) >= 11 is 0. The van der Waals surface area contributed by atoms with E-state index in [0.29, 0.717) is 18.8 Å². The Morgan fingerprint density at radius 1 is 1.07 bits per heavy atom. The molecule has 0 aromatic rings. The zero-order valence-electron chi connectivity index (χ0n) is 16.8. The Hall–Kier alpha value is -2.41. The molecule has 0 saturated heterocycles. The summed E-state index contributed by atoms with van der Waals surface area (Å²) in [5.74, 6) is -1.89. The molecule has 0 amide bonds. The van der Waals surface area contributed by atoms with Gasteiger partial charge in [-0.25, -0.2) is 14.4 Å². The second-order valence-corrected chi connectivity index (χ2v) is 5.88. The number of aliphatic carboxylic acids is 1. The van der Waals surface area contributed by atoms with Gasteiger partial charge in [-0.3, -0.25) is 0 Å². The van der Waals surface area contributed by atoms with Gasteiger partial charge in [-0.2, -0.15) is 0 Å². The van der Waals surface area contributed by atoms with Gasteiger partial charge in [0.25, 0.3) is 0 Å². The fraction of sp³-hybridized carbons (Fsp3) is 0.550. The molecule has 0 heterocycles. The van der Waals surface area contributed by atoms with Crippen molar-refractivity contribution in [1.29, 1.82) is 0 Å². The SMILES string of the molecule is C=C(C)C(=O)OC(C)C.C=C(CC=CC(=O)O)C(=O)OCCOCCCC. The molecule has 1 N–H and O–H groups in total. The first-order chi connectivity index (χ1) is 12.6. The van der Waals surface area contributed by atoms with Crippen LogP contribution in [0.2, 0.25) is 0 Å². The van der Waals surface area contributed by atoms with E-state index in [0.717, 1.165) is 18.9 Å². The molecule has 154 valence electrons. The van der Waals surface area contributed by atoms with Gasteiger partial charge in [0.2, 0.25) is 0 Å². The standard InChI is InChI=1S/C13H20O5.C7H12O2/c1-3-4-8-17-9-10-18-13(16)11(2)6-5-7-12(14)15;1-5(2)7(8)9-6(3)4/h5,7H,2-4,6,8-10H2,1H3,(H,14,15);6H,1H2,2-4H3. The lowest BCUT2D eigenvalue weighted by Crippen LogP contribution is -2.12. The highest BCUT2D eigenvalue weighted by molar-refractivity contribution is 5.88. The summed E-state index contributed by atoms with van der Waals surface area (Å²) in [7, 11) is 0. The summed E-state index contributed by atoms with van der Waals surface area (Å²) in [6.45, 7) is 15.5. The third-order valence-electron chi connectivity index (χ3n) is 2.71. The van der Waals surface area contributed by atoms with Gasteiger partial charge < -0.3 is 19.3 Å². The maximum Gasteiger partial charge on any atom is 0.333 e. The Balaban J connectivity index is 0. The van der Waals surface area contributed by atoms with Crippen molar-refractivity contribution in [3.63, 3.8) is 0 Å². The Kier molecular flexibility index (Phi) is 16.9. The van der Waals surface area contributed by atoms with E-state index in [-0.39, 0.29) is 30.7 Å². The Labute approximate surface area is 161 Å². The molecule has 0 spiro atoms. The molecule has 0 aliphatic heterocycles. The Bertz CT molecular complexity index is 518. The van der Waals surface area contributed by atoms with Crippen LogP contribution in [0.5, 0.6) is 0 Å². The molecule has 0 aliphatic carbocycles. The smallest absolute Gasteiger partial charge is 0.333 e. The van der Waals surface area contributed by atoms with Crippen LogP contribution in [0, 0.1) is 0 Å². The largest absolute Gasteiger partial charge is 0.478 e. The van der Waals surface area contributed by atoms with Crippen LogP contribution in [0.4, 0.5) is 0 Å². The van der Waals surface area contributed by atoms with E-state index in [2.05, 4.69) is 20.1 Å². The van der Waals surface area contributed by atoms with Crippen molar-refractivity contribution < 1.29 is 33.7 Å². The van der Waals surface area contributed by atoms with Crippen LogP contribution in [0.3, 0.4) is 0 Å². The Morgan fingerprint density at radius 2 is 1.70 bits per heavy atom. The molecular weight excluding hydrogens is 352 g/mol. The van der Waals surface area contributed by atoms with Crippen molar-refractivity contribution in [1.82, 2.24) is 0 Å². The second kappa shape index (κ2) is 17.0. The Morgan fingerprint density at radius 3 is 2.15 bits per heavy atom. The first-order valence-electron chi connectivity index (χ1n) is 8.80. The molecule has 7 nitrogen and oxygen atoms in total. The number of carboxylic acid groups (broad SMARTS) is 1.